The van der Waals surface area contributed by atoms with Crippen molar-refractivity contribution < 1.29 is 4.74 Å². The Bertz CT molecular complexity index is 1050. The van der Waals surface area contributed by atoms with E-state index in [1.807, 2.05) is 12.1 Å². The molecule has 2 aromatic heterocycles. The van der Waals surface area contributed by atoms with Crippen molar-refractivity contribution in [3.63, 3.8) is 0 Å². The average Bonchev–Trinajstić information content (AvgIpc) is 3.15. The maximum atomic E-state index is 6.16. The van der Waals surface area contributed by atoms with Crippen LogP contribution in [0.1, 0.15) is 12.0 Å². The van der Waals surface area contributed by atoms with E-state index in [1.54, 1.807) is 18.4 Å². The number of aryl methyl sites for hydroxylation is 1. The second kappa shape index (κ2) is 7.27. The number of thiazole rings is 1. The summed E-state index contributed by atoms with van der Waals surface area (Å²) in [6.45, 7) is 3.65. The maximum Gasteiger partial charge on any atom is 0.197 e. The molecule has 4 rings (SSSR count). The largest absolute Gasteiger partial charge is 0.385 e. The molecule has 2 heterocycles. The van der Waals surface area contributed by atoms with Gasteiger partial charge in [0.15, 0.2) is 4.96 Å². The molecule has 0 saturated carbocycles. The Morgan fingerprint density at radius 2 is 2.00 bits per heavy atom. The van der Waals surface area contributed by atoms with Gasteiger partial charge in [0.2, 0.25) is 0 Å². The highest BCUT2D eigenvalue weighted by molar-refractivity contribution is 7.23. The van der Waals surface area contributed by atoms with Crippen molar-refractivity contribution in [2.24, 2.45) is 0 Å². The van der Waals surface area contributed by atoms with Gasteiger partial charge in [0.05, 0.1) is 10.2 Å². The van der Waals surface area contributed by atoms with Gasteiger partial charge in [-0.3, -0.25) is 4.40 Å². The molecule has 0 radical (unpaired) electrons. The van der Waals surface area contributed by atoms with E-state index in [1.165, 1.54) is 5.56 Å². The Morgan fingerprint density at radius 3 is 2.77 bits per heavy atom. The fourth-order valence-corrected chi connectivity index (χ4v) is 4.34. The molecular formula is C20H20ClN3OS. The molecule has 0 amide bonds. The van der Waals surface area contributed by atoms with E-state index in [0.717, 1.165) is 56.8 Å². The van der Waals surface area contributed by atoms with Crippen molar-refractivity contribution in [2.75, 3.05) is 25.6 Å². The van der Waals surface area contributed by atoms with E-state index in [2.05, 4.69) is 47.0 Å². The molecule has 0 atom stereocenters. The van der Waals surface area contributed by atoms with Gasteiger partial charge in [-0.15, -0.1) is 0 Å². The molecule has 6 heteroatoms. The van der Waals surface area contributed by atoms with Crippen LogP contribution < -0.4 is 5.32 Å². The number of ether oxygens (including phenoxy) is 1. The summed E-state index contributed by atoms with van der Waals surface area (Å²) in [7, 11) is 1.73. The van der Waals surface area contributed by atoms with Gasteiger partial charge in [-0.05, 0) is 31.5 Å². The second-order valence-corrected chi connectivity index (χ2v) is 7.73. The molecule has 2 aromatic carbocycles. The lowest BCUT2D eigenvalue weighted by molar-refractivity contribution is 0.198. The zero-order valence-corrected chi connectivity index (χ0v) is 16.3. The van der Waals surface area contributed by atoms with Gasteiger partial charge in [0, 0.05) is 30.8 Å². The van der Waals surface area contributed by atoms with Crippen LogP contribution in [0.5, 0.6) is 0 Å². The Kier molecular flexibility index (Phi) is 4.85. The van der Waals surface area contributed by atoms with Crippen LogP contribution >= 0.6 is 22.9 Å². The number of aromatic nitrogens is 2. The van der Waals surface area contributed by atoms with Crippen molar-refractivity contribution in [2.45, 2.75) is 13.3 Å². The number of halogens is 1. The SMILES string of the molecule is COCCCNc1c(-c2ccc(C)cc2)nc2sc3cc(Cl)ccc3n12. The normalized spacial score (nSPS) is 11.5. The first kappa shape index (κ1) is 17.3. The second-order valence-electron chi connectivity index (χ2n) is 6.28. The van der Waals surface area contributed by atoms with E-state index < -0.39 is 0 Å². The zero-order chi connectivity index (χ0) is 18.1. The number of hydrogen-bond acceptors (Lipinski definition) is 4. The first-order valence-electron chi connectivity index (χ1n) is 8.58. The van der Waals surface area contributed by atoms with E-state index in [9.17, 15) is 0 Å². The minimum absolute atomic E-state index is 0.731. The number of methoxy groups -OCH3 is 1. The van der Waals surface area contributed by atoms with Crippen molar-refractivity contribution in [1.29, 1.82) is 0 Å². The predicted molar refractivity (Wildman–Crippen MR) is 111 cm³/mol. The minimum Gasteiger partial charge on any atom is -0.385 e. The van der Waals surface area contributed by atoms with E-state index in [4.69, 9.17) is 21.3 Å². The molecule has 0 aliphatic heterocycles. The first-order valence-corrected chi connectivity index (χ1v) is 9.77. The molecule has 0 aliphatic rings. The summed E-state index contributed by atoms with van der Waals surface area (Å²) in [5.74, 6) is 1.02. The topological polar surface area (TPSA) is 38.6 Å². The standard InChI is InChI=1S/C20H20ClN3OS/c1-13-4-6-14(7-5-13)18-19(22-10-3-11-25-2)24-16-9-8-15(21)12-17(16)26-20(24)23-18/h4-9,12,22H,3,10-11H2,1-2H3. The molecule has 0 saturated heterocycles. The Hall–Kier alpha value is -2.08. The Morgan fingerprint density at radius 1 is 1.19 bits per heavy atom. The monoisotopic (exact) mass is 385 g/mol. The molecule has 26 heavy (non-hydrogen) atoms. The molecule has 134 valence electrons. The number of fused-ring (bicyclic) bond motifs is 3. The summed E-state index contributed by atoms with van der Waals surface area (Å²) >= 11 is 7.82. The molecule has 0 fully saturated rings. The molecule has 0 aliphatic carbocycles. The molecular weight excluding hydrogens is 366 g/mol. The van der Waals surface area contributed by atoms with Crippen LogP contribution in [0.2, 0.25) is 5.02 Å². The fourth-order valence-electron chi connectivity index (χ4n) is 3.04. The number of rotatable bonds is 6. The lowest BCUT2D eigenvalue weighted by Gasteiger charge is -2.09. The number of nitrogens with one attached hydrogen (secondary N) is 1. The molecule has 4 aromatic rings. The van der Waals surface area contributed by atoms with Gasteiger partial charge >= 0.3 is 0 Å². The Balaban J connectivity index is 1.85. The van der Waals surface area contributed by atoms with Crippen molar-refractivity contribution in [3.05, 3.63) is 53.1 Å². The third kappa shape index (κ3) is 3.18. The molecule has 0 unspecified atom stereocenters. The first-order chi connectivity index (χ1) is 12.7. The molecule has 0 bridgehead atoms. The predicted octanol–water partition coefficient (Wildman–Crippen LogP) is 5.63. The minimum atomic E-state index is 0.731. The quantitative estimate of drug-likeness (QED) is 0.437. The van der Waals surface area contributed by atoms with Crippen molar-refractivity contribution in [3.8, 4) is 11.3 Å². The highest BCUT2D eigenvalue weighted by atomic mass is 35.5. The average molecular weight is 386 g/mol. The van der Waals surface area contributed by atoms with Crippen LogP contribution in [0.3, 0.4) is 0 Å². The smallest absolute Gasteiger partial charge is 0.197 e. The highest BCUT2D eigenvalue weighted by Gasteiger charge is 2.18. The number of benzene rings is 2. The van der Waals surface area contributed by atoms with Crippen molar-refractivity contribution in [1.82, 2.24) is 9.38 Å². The summed E-state index contributed by atoms with van der Waals surface area (Å²) in [4.78, 5) is 5.89. The van der Waals surface area contributed by atoms with Gasteiger partial charge in [0.25, 0.3) is 0 Å². The molecule has 4 nitrogen and oxygen atoms in total. The maximum absolute atomic E-state index is 6.16. The van der Waals surface area contributed by atoms with E-state index >= 15 is 0 Å². The zero-order valence-electron chi connectivity index (χ0n) is 14.8. The van der Waals surface area contributed by atoms with Gasteiger partial charge < -0.3 is 10.1 Å². The molecule has 0 spiro atoms. The van der Waals surface area contributed by atoms with Crippen LogP contribution in [-0.4, -0.2) is 29.6 Å². The van der Waals surface area contributed by atoms with Gasteiger partial charge in [0.1, 0.15) is 11.5 Å². The highest BCUT2D eigenvalue weighted by Crippen LogP contribution is 2.37. The van der Waals surface area contributed by atoms with Gasteiger partial charge in [-0.1, -0.05) is 52.8 Å². The van der Waals surface area contributed by atoms with Crippen LogP contribution in [0.15, 0.2) is 42.5 Å². The van der Waals surface area contributed by atoms with Crippen molar-refractivity contribution >= 4 is 43.9 Å². The van der Waals surface area contributed by atoms with Crippen LogP contribution in [0.4, 0.5) is 5.82 Å². The van der Waals surface area contributed by atoms with Gasteiger partial charge in [-0.25, -0.2) is 4.98 Å². The van der Waals surface area contributed by atoms with E-state index in [-0.39, 0.29) is 0 Å². The van der Waals surface area contributed by atoms with E-state index in [0.29, 0.717) is 0 Å². The summed E-state index contributed by atoms with van der Waals surface area (Å²) in [6.07, 6.45) is 0.935. The summed E-state index contributed by atoms with van der Waals surface area (Å²) in [5.41, 5.74) is 4.45. The third-order valence-corrected chi connectivity index (χ3v) is 5.59. The lowest BCUT2D eigenvalue weighted by Crippen LogP contribution is -2.07. The third-order valence-electron chi connectivity index (χ3n) is 4.35. The summed E-state index contributed by atoms with van der Waals surface area (Å²) in [5, 5.41) is 4.32. The Labute approximate surface area is 161 Å². The lowest BCUT2D eigenvalue weighted by atomic mass is 10.1. The van der Waals surface area contributed by atoms with Gasteiger partial charge in [-0.2, -0.15) is 0 Å². The number of hydrogen-bond donors (Lipinski definition) is 1. The van der Waals surface area contributed by atoms with Crippen LogP contribution in [0, 0.1) is 6.92 Å². The summed E-state index contributed by atoms with van der Waals surface area (Å²) in [6, 6.07) is 14.5. The number of nitrogens with zero attached hydrogens (tertiary/aromatic N) is 2. The van der Waals surface area contributed by atoms with Crippen LogP contribution in [0.25, 0.3) is 26.4 Å². The summed E-state index contributed by atoms with van der Waals surface area (Å²) < 4.78 is 8.50. The fraction of sp³-hybridized carbons (Fsp3) is 0.250. The van der Waals surface area contributed by atoms with Crippen LogP contribution in [-0.2, 0) is 4.74 Å². The molecule has 1 N–H and O–H groups in total. The number of imidazole rings is 1. The number of anilines is 1.